The van der Waals surface area contributed by atoms with Gasteiger partial charge in [0.2, 0.25) is 0 Å². The Balaban J connectivity index is 2.32. The van der Waals surface area contributed by atoms with Gasteiger partial charge in [0.25, 0.3) is 0 Å². The van der Waals surface area contributed by atoms with E-state index in [1.807, 2.05) is 11.3 Å². The summed E-state index contributed by atoms with van der Waals surface area (Å²) in [6.07, 6.45) is 6.42. The Hall–Kier alpha value is -0.420. The summed E-state index contributed by atoms with van der Waals surface area (Å²) in [5, 5.41) is 2.25. The predicted molar refractivity (Wildman–Crippen MR) is 78.6 cm³/mol. The molecule has 3 nitrogen and oxygen atoms in total. The van der Waals surface area contributed by atoms with Crippen molar-refractivity contribution in [1.29, 1.82) is 0 Å². The van der Waals surface area contributed by atoms with Crippen LogP contribution in [0.2, 0.25) is 0 Å². The smallest absolute Gasteiger partial charge is 0.0651 e. The van der Waals surface area contributed by atoms with Crippen LogP contribution in [0, 0.1) is 6.92 Å². The predicted octanol–water partition coefficient (Wildman–Crippen LogP) is 2.83. The van der Waals surface area contributed by atoms with Crippen LogP contribution in [0.3, 0.4) is 0 Å². The van der Waals surface area contributed by atoms with E-state index >= 15 is 0 Å². The molecule has 1 heterocycles. The molecule has 2 rings (SSSR count). The van der Waals surface area contributed by atoms with Gasteiger partial charge >= 0.3 is 0 Å². The summed E-state index contributed by atoms with van der Waals surface area (Å²) in [7, 11) is 4.38. The van der Waals surface area contributed by atoms with Gasteiger partial charge in [-0.1, -0.05) is 19.3 Å². The van der Waals surface area contributed by atoms with E-state index in [0.29, 0.717) is 0 Å². The topological polar surface area (TPSA) is 41.3 Å². The molecule has 0 amide bonds. The summed E-state index contributed by atoms with van der Waals surface area (Å²) in [6.45, 7) is 2.16. The molecule has 1 aromatic heterocycles. The monoisotopic (exact) mass is 267 g/mol. The van der Waals surface area contributed by atoms with Gasteiger partial charge in [0.15, 0.2) is 0 Å². The molecular formula is C14H25N3S. The van der Waals surface area contributed by atoms with Crippen LogP contribution in [-0.4, -0.2) is 24.5 Å². The molecule has 1 atom stereocenters. The van der Waals surface area contributed by atoms with Crippen LogP contribution >= 0.6 is 11.3 Å². The molecule has 3 N–H and O–H groups in total. The number of hydrogen-bond donors (Lipinski definition) is 2. The molecule has 0 radical (unpaired) electrons. The molecule has 0 bridgehead atoms. The number of nitrogens with one attached hydrogen (secondary N) is 1. The maximum absolute atomic E-state index is 5.90. The van der Waals surface area contributed by atoms with Gasteiger partial charge in [-0.3, -0.25) is 11.3 Å². The van der Waals surface area contributed by atoms with Crippen molar-refractivity contribution >= 4 is 11.3 Å². The molecule has 0 aliphatic heterocycles. The Kier molecular flexibility index (Phi) is 4.43. The highest BCUT2D eigenvalue weighted by atomic mass is 32.1. The maximum atomic E-state index is 5.90. The number of hydrazine groups is 1. The number of nitrogens with two attached hydrogens (primary N) is 1. The fraction of sp³-hybridized carbons (Fsp3) is 0.714. The molecule has 0 spiro atoms. The molecule has 0 saturated heterocycles. The van der Waals surface area contributed by atoms with E-state index in [4.69, 9.17) is 5.84 Å². The van der Waals surface area contributed by atoms with Crippen molar-refractivity contribution < 1.29 is 0 Å². The molecule has 18 heavy (non-hydrogen) atoms. The van der Waals surface area contributed by atoms with Gasteiger partial charge in [-0.2, -0.15) is 0 Å². The highest BCUT2D eigenvalue weighted by molar-refractivity contribution is 7.10. The lowest BCUT2D eigenvalue weighted by Crippen LogP contribution is -2.56. The number of likely N-dealkylation sites (N-methyl/N-ethyl adjacent to an activating group) is 1. The average Bonchev–Trinajstić information content (AvgIpc) is 2.77. The molecule has 1 unspecified atom stereocenters. The molecule has 0 aromatic carbocycles. The zero-order valence-electron chi connectivity index (χ0n) is 11.7. The standard InChI is InChI=1S/C14H25N3S/c1-11-9-12(10-18-11)13(16-15)14(17(2)3)7-5-4-6-8-14/h9-10,13,16H,4-8,15H2,1-3H3. The number of hydrogen-bond acceptors (Lipinski definition) is 4. The van der Waals surface area contributed by atoms with Crippen LogP contribution in [0.5, 0.6) is 0 Å². The van der Waals surface area contributed by atoms with Crippen molar-refractivity contribution in [3.8, 4) is 0 Å². The summed E-state index contributed by atoms with van der Waals surface area (Å²) < 4.78 is 0. The van der Waals surface area contributed by atoms with Crippen molar-refractivity contribution in [1.82, 2.24) is 10.3 Å². The van der Waals surface area contributed by atoms with E-state index < -0.39 is 0 Å². The van der Waals surface area contributed by atoms with Crippen molar-refractivity contribution in [2.45, 2.75) is 50.6 Å². The number of thiophene rings is 1. The fourth-order valence-corrected chi connectivity index (χ4v) is 4.07. The van der Waals surface area contributed by atoms with Gasteiger partial charge < -0.3 is 4.90 Å². The number of nitrogens with zero attached hydrogens (tertiary/aromatic N) is 1. The van der Waals surface area contributed by atoms with Crippen LogP contribution in [0.15, 0.2) is 11.4 Å². The molecule has 4 heteroatoms. The molecule has 1 aliphatic carbocycles. The molecule has 1 aliphatic rings. The van der Waals surface area contributed by atoms with Crippen LogP contribution in [0.25, 0.3) is 0 Å². The van der Waals surface area contributed by atoms with Crippen molar-refractivity contribution in [2.75, 3.05) is 14.1 Å². The zero-order chi connectivity index (χ0) is 13.2. The third-order valence-electron chi connectivity index (χ3n) is 4.40. The lowest BCUT2D eigenvalue weighted by atomic mass is 9.73. The third kappa shape index (κ3) is 2.48. The second-order valence-electron chi connectivity index (χ2n) is 5.65. The minimum absolute atomic E-state index is 0.167. The minimum atomic E-state index is 0.167. The second-order valence-corrected chi connectivity index (χ2v) is 6.76. The SMILES string of the molecule is Cc1cc(C(NN)C2(N(C)C)CCCCC2)cs1. The quantitative estimate of drug-likeness (QED) is 0.651. The summed E-state index contributed by atoms with van der Waals surface area (Å²) in [4.78, 5) is 3.74. The first kappa shape index (κ1) is 14.0. The van der Waals surface area contributed by atoms with Gasteiger partial charge in [-0.25, -0.2) is 0 Å². The lowest BCUT2D eigenvalue weighted by molar-refractivity contribution is 0.0566. The Bertz CT molecular complexity index is 380. The van der Waals surface area contributed by atoms with E-state index in [-0.39, 0.29) is 11.6 Å². The first-order valence-corrected chi connectivity index (χ1v) is 7.67. The normalized spacial score (nSPS) is 21.2. The number of rotatable bonds is 4. The van der Waals surface area contributed by atoms with Gasteiger partial charge in [0.05, 0.1) is 6.04 Å². The maximum Gasteiger partial charge on any atom is 0.0651 e. The second kappa shape index (κ2) is 5.70. The Labute approximate surface area is 114 Å². The van der Waals surface area contributed by atoms with Crippen molar-refractivity contribution in [2.24, 2.45) is 5.84 Å². The van der Waals surface area contributed by atoms with E-state index in [2.05, 4.69) is 42.8 Å². The first-order valence-electron chi connectivity index (χ1n) is 6.79. The summed E-state index contributed by atoms with van der Waals surface area (Å²) in [6, 6.07) is 2.51. The highest BCUT2D eigenvalue weighted by Crippen LogP contribution is 2.42. The van der Waals surface area contributed by atoms with Gasteiger partial charge in [-0.05, 0) is 50.9 Å². The summed E-state index contributed by atoms with van der Waals surface area (Å²) in [5.74, 6) is 5.90. The van der Waals surface area contributed by atoms with E-state index in [0.717, 1.165) is 0 Å². The Morgan fingerprint density at radius 3 is 2.44 bits per heavy atom. The largest absolute Gasteiger partial charge is 0.302 e. The Morgan fingerprint density at radius 1 is 1.33 bits per heavy atom. The third-order valence-corrected chi connectivity index (χ3v) is 5.28. The van der Waals surface area contributed by atoms with Crippen LogP contribution < -0.4 is 11.3 Å². The van der Waals surface area contributed by atoms with Gasteiger partial charge in [0, 0.05) is 10.4 Å². The summed E-state index contributed by atoms with van der Waals surface area (Å²) in [5.41, 5.74) is 4.60. The van der Waals surface area contributed by atoms with Crippen LogP contribution in [0.1, 0.15) is 48.6 Å². The zero-order valence-corrected chi connectivity index (χ0v) is 12.5. The average molecular weight is 267 g/mol. The fourth-order valence-electron chi connectivity index (χ4n) is 3.33. The van der Waals surface area contributed by atoms with Gasteiger partial charge in [0.1, 0.15) is 0 Å². The lowest BCUT2D eigenvalue weighted by Gasteiger charge is -2.48. The minimum Gasteiger partial charge on any atom is -0.302 e. The van der Waals surface area contributed by atoms with Crippen LogP contribution in [0.4, 0.5) is 0 Å². The van der Waals surface area contributed by atoms with E-state index in [1.54, 1.807) is 0 Å². The van der Waals surface area contributed by atoms with E-state index in [9.17, 15) is 0 Å². The molecular weight excluding hydrogens is 242 g/mol. The molecule has 102 valence electrons. The van der Waals surface area contributed by atoms with Crippen molar-refractivity contribution in [3.63, 3.8) is 0 Å². The van der Waals surface area contributed by atoms with E-state index in [1.165, 1.54) is 42.5 Å². The molecule has 1 fully saturated rings. The highest BCUT2D eigenvalue weighted by Gasteiger charge is 2.42. The van der Waals surface area contributed by atoms with Gasteiger partial charge in [-0.15, -0.1) is 11.3 Å². The molecule has 1 aromatic rings. The van der Waals surface area contributed by atoms with Crippen molar-refractivity contribution in [3.05, 3.63) is 21.9 Å². The molecule has 1 saturated carbocycles. The van der Waals surface area contributed by atoms with Crippen LogP contribution in [-0.2, 0) is 0 Å². The Morgan fingerprint density at radius 2 is 2.00 bits per heavy atom. The summed E-state index contributed by atoms with van der Waals surface area (Å²) >= 11 is 1.81. The number of aryl methyl sites for hydroxylation is 1. The first-order chi connectivity index (χ1) is 8.60.